The Hall–Kier alpha value is -0.440. The quantitative estimate of drug-likeness (QED) is 0.659. The highest BCUT2D eigenvalue weighted by Crippen LogP contribution is 2.02. The van der Waals surface area contributed by atoms with Crippen LogP contribution in [0.15, 0.2) is 12.4 Å². The molecule has 0 radical (unpaired) electrons. The smallest absolute Gasteiger partial charge is 0.234 e. The van der Waals surface area contributed by atoms with Crippen molar-refractivity contribution in [2.45, 2.75) is 45.5 Å². The molecule has 2 nitrogen and oxygen atoms in total. The molecule has 1 rings (SSSR count). The summed E-state index contributed by atoms with van der Waals surface area (Å²) in [5, 5.41) is 0. The zero-order valence-corrected chi connectivity index (χ0v) is 10.3. The van der Waals surface area contributed by atoms with E-state index in [1.54, 1.807) is 0 Å². The van der Waals surface area contributed by atoms with E-state index in [1.165, 1.54) is 25.2 Å². The topological polar surface area (TPSA) is 8.81 Å². The number of rotatable bonds is 6. The number of aryl methyl sites for hydroxylation is 1. The Balaban J connectivity index is 2.73. The molecule has 0 saturated carbocycles. The summed E-state index contributed by atoms with van der Waals surface area (Å²) >= 11 is 1.87. The fourth-order valence-corrected chi connectivity index (χ4v) is 2.21. The molecule has 1 aromatic heterocycles. The SMILES string of the molecule is CCCCn1cc[n+](CSC)c1CC. The molecule has 0 saturated heterocycles. The van der Waals surface area contributed by atoms with Gasteiger partial charge in [0.25, 0.3) is 5.82 Å². The first-order valence-corrected chi connectivity index (χ1v) is 6.79. The fourth-order valence-electron chi connectivity index (χ4n) is 1.69. The Kier molecular flexibility index (Phi) is 5.09. The molecule has 0 bridgehead atoms. The first kappa shape index (κ1) is 11.6. The molecule has 0 aromatic carbocycles. The zero-order valence-electron chi connectivity index (χ0n) is 9.49. The average molecular weight is 213 g/mol. The summed E-state index contributed by atoms with van der Waals surface area (Å²) in [7, 11) is 0. The van der Waals surface area contributed by atoms with Crippen molar-refractivity contribution in [2.75, 3.05) is 6.26 Å². The first-order chi connectivity index (χ1) is 6.83. The lowest BCUT2D eigenvalue weighted by Crippen LogP contribution is -2.35. The van der Waals surface area contributed by atoms with E-state index in [0.717, 1.165) is 12.3 Å². The van der Waals surface area contributed by atoms with Crippen molar-refractivity contribution in [3.8, 4) is 0 Å². The molecule has 0 aliphatic heterocycles. The predicted octanol–water partition coefficient (Wildman–Crippen LogP) is 2.46. The molecule has 0 spiro atoms. The number of hydrogen-bond acceptors (Lipinski definition) is 1. The van der Waals surface area contributed by atoms with E-state index in [9.17, 15) is 0 Å². The highest BCUT2D eigenvalue weighted by Gasteiger charge is 2.13. The molecule has 14 heavy (non-hydrogen) atoms. The zero-order chi connectivity index (χ0) is 10.4. The summed E-state index contributed by atoms with van der Waals surface area (Å²) in [5.41, 5.74) is 0. The monoisotopic (exact) mass is 213 g/mol. The highest BCUT2D eigenvalue weighted by atomic mass is 32.2. The summed E-state index contributed by atoms with van der Waals surface area (Å²) in [5.74, 6) is 2.52. The summed E-state index contributed by atoms with van der Waals surface area (Å²) in [6, 6.07) is 0. The largest absolute Gasteiger partial charge is 0.256 e. The molecular weight excluding hydrogens is 192 g/mol. The van der Waals surface area contributed by atoms with Crippen LogP contribution >= 0.6 is 11.8 Å². The van der Waals surface area contributed by atoms with Crippen molar-refractivity contribution in [1.29, 1.82) is 0 Å². The van der Waals surface area contributed by atoms with Gasteiger partial charge in [-0.05, 0) is 12.7 Å². The van der Waals surface area contributed by atoms with Crippen molar-refractivity contribution in [1.82, 2.24) is 4.57 Å². The minimum atomic E-state index is 1.07. The van der Waals surface area contributed by atoms with Gasteiger partial charge in [0.2, 0.25) is 0 Å². The molecule has 1 heterocycles. The first-order valence-electron chi connectivity index (χ1n) is 5.39. The molecule has 80 valence electrons. The van der Waals surface area contributed by atoms with Crippen LogP contribution in [0.2, 0.25) is 0 Å². The third kappa shape index (κ3) is 2.77. The van der Waals surface area contributed by atoms with Gasteiger partial charge in [-0.1, -0.05) is 20.3 Å². The van der Waals surface area contributed by atoms with Gasteiger partial charge in [0, 0.05) is 6.42 Å². The molecule has 0 atom stereocenters. The van der Waals surface area contributed by atoms with Crippen molar-refractivity contribution in [3.63, 3.8) is 0 Å². The van der Waals surface area contributed by atoms with E-state index in [4.69, 9.17) is 0 Å². The van der Waals surface area contributed by atoms with E-state index in [1.807, 2.05) is 11.8 Å². The third-order valence-electron chi connectivity index (χ3n) is 2.43. The Morgan fingerprint density at radius 1 is 1.43 bits per heavy atom. The third-order valence-corrected chi connectivity index (χ3v) is 2.96. The van der Waals surface area contributed by atoms with Gasteiger partial charge < -0.3 is 0 Å². The van der Waals surface area contributed by atoms with Crippen LogP contribution in [-0.4, -0.2) is 10.8 Å². The molecule has 0 aliphatic rings. The van der Waals surface area contributed by atoms with Gasteiger partial charge in [-0.25, -0.2) is 9.13 Å². The van der Waals surface area contributed by atoms with Gasteiger partial charge in [0.05, 0.1) is 6.54 Å². The van der Waals surface area contributed by atoms with Crippen LogP contribution < -0.4 is 4.57 Å². The molecule has 0 unspecified atom stereocenters. The molecular formula is C11H21N2S+. The van der Waals surface area contributed by atoms with Crippen molar-refractivity contribution in [2.24, 2.45) is 0 Å². The minimum absolute atomic E-state index is 1.07. The number of nitrogens with zero attached hydrogens (tertiary/aromatic N) is 2. The normalized spacial score (nSPS) is 10.8. The van der Waals surface area contributed by atoms with Crippen LogP contribution in [0, 0.1) is 0 Å². The standard InChI is InChI=1S/C11H21N2S/c1-4-6-7-12-8-9-13(10-14-3)11(12)5-2/h8-9H,4-7,10H2,1-3H3/q+1. The second-order valence-electron chi connectivity index (χ2n) is 3.50. The molecule has 0 aliphatic carbocycles. The van der Waals surface area contributed by atoms with Crippen LogP contribution in [0.1, 0.15) is 32.5 Å². The van der Waals surface area contributed by atoms with E-state index in [-0.39, 0.29) is 0 Å². The van der Waals surface area contributed by atoms with E-state index in [0.29, 0.717) is 0 Å². The molecule has 0 N–H and O–H groups in total. The maximum atomic E-state index is 2.39. The maximum absolute atomic E-state index is 2.39. The number of unbranched alkanes of at least 4 members (excludes halogenated alkanes) is 1. The van der Waals surface area contributed by atoms with Crippen molar-refractivity contribution in [3.05, 3.63) is 18.2 Å². The average Bonchev–Trinajstić information content (AvgIpc) is 2.58. The van der Waals surface area contributed by atoms with Crippen LogP contribution in [0.4, 0.5) is 0 Å². The maximum Gasteiger partial charge on any atom is 0.256 e. The second kappa shape index (κ2) is 6.12. The van der Waals surface area contributed by atoms with E-state index >= 15 is 0 Å². The van der Waals surface area contributed by atoms with E-state index < -0.39 is 0 Å². The lowest BCUT2D eigenvalue weighted by atomic mass is 10.3. The lowest BCUT2D eigenvalue weighted by molar-refractivity contribution is -0.683. The number of imidazole rings is 1. The second-order valence-corrected chi connectivity index (χ2v) is 4.34. The van der Waals surface area contributed by atoms with E-state index in [2.05, 4.69) is 41.6 Å². The van der Waals surface area contributed by atoms with Gasteiger partial charge in [0.1, 0.15) is 18.3 Å². The Morgan fingerprint density at radius 2 is 2.21 bits per heavy atom. The summed E-state index contributed by atoms with van der Waals surface area (Å²) in [6.07, 6.45) is 10.2. The summed E-state index contributed by atoms with van der Waals surface area (Å²) < 4.78 is 4.74. The van der Waals surface area contributed by atoms with Crippen LogP contribution in [0.25, 0.3) is 0 Å². The Bertz CT molecular complexity index is 268. The number of thioether (sulfide) groups is 1. The molecule has 1 aromatic rings. The van der Waals surface area contributed by atoms with Crippen LogP contribution in [0.5, 0.6) is 0 Å². The van der Waals surface area contributed by atoms with Gasteiger partial charge in [-0.15, -0.1) is 11.8 Å². The van der Waals surface area contributed by atoms with Gasteiger partial charge in [0.15, 0.2) is 0 Å². The predicted molar refractivity (Wildman–Crippen MR) is 62.4 cm³/mol. The number of aromatic nitrogens is 2. The van der Waals surface area contributed by atoms with Crippen molar-refractivity contribution >= 4 is 11.8 Å². The van der Waals surface area contributed by atoms with Crippen LogP contribution in [0.3, 0.4) is 0 Å². The summed E-state index contributed by atoms with van der Waals surface area (Å²) in [4.78, 5) is 0. The van der Waals surface area contributed by atoms with Crippen molar-refractivity contribution < 1.29 is 4.57 Å². The Morgan fingerprint density at radius 3 is 2.79 bits per heavy atom. The minimum Gasteiger partial charge on any atom is -0.234 e. The van der Waals surface area contributed by atoms with Crippen LogP contribution in [-0.2, 0) is 18.8 Å². The fraction of sp³-hybridized carbons (Fsp3) is 0.727. The number of hydrogen-bond donors (Lipinski definition) is 0. The Labute approximate surface area is 91.3 Å². The lowest BCUT2D eigenvalue weighted by Gasteiger charge is -2.01. The molecule has 0 amide bonds. The highest BCUT2D eigenvalue weighted by molar-refractivity contribution is 7.97. The summed E-state index contributed by atoms with van der Waals surface area (Å²) in [6.45, 7) is 5.64. The molecule has 3 heteroatoms. The van der Waals surface area contributed by atoms with Gasteiger partial charge >= 0.3 is 0 Å². The molecule has 0 fully saturated rings. The van der Waals surface area contributed by atoms with Gasteiger partial charge in [-0.2, -0.15) is 0 Å². The van der Waals surface area contributed by atoms with Gasteiger partial charge in [-0.3, -0.25) is 0 Å².